The number of hydrogen-bond acceptors (Lipinski definition) is 7. The third-order valence-electron chi connectivity index (χ3n) is 8.18. The lowest BCUT2D eigenvalue weighted by Gasteiger charge is -2.42. The summed E-state index contributed by atoms with van der Waals surface area (Å²) in [5.41, 5.74) is 0.104. The predicted molar refractivity (Wildman–Crippen MR) is 142 cm³/mol. The molecule has 2 fully saturated rings. The fourth-order valence-corrected chi connectivity index (χ4v) is 6.55. The Morgan fingerprint density at radius 2 is 1.97 bits per heavy atom. The standard InChI is InChI=1S/C28H41NO7S/c1-18-4-6-19(7-5-18)25(31)29(22-14-23(27(2,3)16-30)37-24(22)26(32)33)20-8-11-28(34,12-9-20)17-36-21-10-13-35-15-21/h4,14,19-21,30,34H,5-13,15-17H2,1-3H3,(H,32,33)/t19-,20?,21-,28?/m0/s1. The van der Waals surface area contributed by atoms with Crippen LogP contribution in [0.4, 0.5) is 5.69 Å². The Morgan fingerprint density at radius 1 is 1.24 bits per heavy atom. The zero-order chi connectivity index (χ0) is 26.8. The maximum Gasteiger partial charge on any atom is 0.348 e. The Morgan fingerprint density at radius 3 is 2.54 bits per heavy atom. The number of aromatic carboxylic acids is 1. The maximum atomic E-state index is 14.0. The number of nitrogens with zero attached hydrogens (tertiary/aromatic N) is 1. The van der Waals surface area contributed by atoms with Crippen molar-refractivity contribution in [1.82, 2.24) is 0 Å². The number of rotatable bonds is 9. The SMILES string of the molecule is CC1=CC[C@H](C(=O)N(c2cc(C(C)(C)CO)sc2C(=O)O)C2CCC(O)(CO[C@H]3CCOC3)CC2)CC1. The molecule has 0 spiro atoms. The van der Waals surface area contributed by atoms with E-state index in [2.05, 4.69) is 13.0 Å². The van der Waals surface area contributed by atoms with Gasteiger partial charge in [-0.1, -0.05) is 25.5 Å². The first-order valence-electron chi connectivity index (χ1n) is 13.4. The molecule has 0 unspecified atom stereocenters. The van der Waals surface area contributed by atoms with Gasteiger partial charge in [-0.3, -0.25) is 4.79 Å². The molecule has 8 nitrogen and oxygen atoms in total. The molecule has 1 amide bonds. The topological polar surface area (TPSA) is 117 Å². The van der Waals surface area contributed by atoms with Crippen LogP contribution in [0, 0.1) is 5.92 Å². The van der Waals surface area contributed by atoms with E-state index in [-0.39, 0.29) is 42.1 Å². The highest BCUT2D eigenvalue weighted by Gasteiger charge is 2.41. The van der Waals surface area contributed by atoms with Crippen molar-refractivity contribution in [2.75, 3.05) is 31.3 Å². The second-order valence-corrected chi connectivity index (χ2v) is 12.7. The molecule has 3 aliphatic rings. The lowest BCUT2D eigenvalue weighted by Crippen LogP contribution is -2.50. The first-order chi connectivity index (χ1) is 17.5. The minimum atomic E-state index is -1.07. The highest BCUT2D eigenvalue weighted by molar-refractivity contribution is 7.14. The molecule has 1 aromatic rings. The van der Waals surface area contributed by atoms with E-state index in [1.165, 1.54) is 5.57 Å². The van der Waals surface area contributed by atoms with E-state index < -0.39 is 17.0 Å². The number of allylic oxidation sites excluding steroid dienone is 2. The minimum absolute atomic E-state index is 0.0138. The zero-order valence-electron chi connectivity index (χ0n) is 22.2. The molecular formula is C28H41NO7S. The normalized spacial score (nSPS) is 28.7. The van der Waals surface area contributed by atoms with Gasteiger partial charge in [-0.25, -0.2) is 4.79 Å². The van der Waals surface area contributed by atoms with Crippen molar-refractivity contribution in [2.45, 2.75) is 95.3 Å². The molecule has 0 aromatic carbocycles. The average molecular weight is 536 g/mol. The van der Waals surface area contributed by atoms with Gasteiger partial charge in [0.25, 0.3) is 0 Å². The number of carboxylic acids is 1. The van der Waals surface area contributed by atoms with Gasteiger partial charge in [-0.05, 0) is 64.4 Å². The molecule has 2 heterocycles. The van der Waals surface area contributed by atoms with Gasteiger partial charge in [0.05, 0.1) is 37.2 Å². The van der Waals surface area contributed by atoms with Crippen molar-refractivity contribution in [3.8, 4) is 0 Å². The number of hydrogen-bond donors (Lipinski definition) is 3. The van der Waals surface area contributed by atoms with E-state index in [4.69, 9.17) is 9.47 Å². The minimum Gasteiger partial charge on any atom is -0.477 e. The van der Waals surface area contributed by atoms with Crippen LogP contribution < -0.4 is 4.90 Å². The number of anilines is 1. The molecule has 9 heteroatoms. The van der Waals surface area contributed by atoms with Crippen molar-refractivity contribution in [2.24, 2.45) is 5.92 Å². The Kier molecular flexibility index (Phi) is 8.80. The van der Waals surface area contributed by atoms with E-state index in [0.29, 0.717) is 51.0 Å². The third kappa shape index (κ3) is 6.45. The number of aliphatic hydroxyl groups excluding tert-OH is 1. The van der Waals surface area contributed by atoms with Crippen molar-refractivity contribution in [3.63, 3.8) is 0 Å². The second-order valence-electron chi connectivity index (χ2n) is 11.7. The molecular weight excluding hydrogens is 494 g/mol. The van der Waals surface area contributed by atoms with E-state index in [1.54, 1.807) is 11.0 Å². The Bertz CT molecular complexity index is 1000. The van der Waals surface area contributed by atoms with Crippen LogP contribution in [0.2, 0.25) is 0 Å². The molecule has 1 aliphatic heterocycles. The number of ether oxygens (including phenoxy) is 2. The lowest BCUT2D eigenvalue weighted by molar-refractivity contribution is -0.124. The van der Waals surface area contributed by atoms with Crippen molar-refractivity contribution in [1.29, 1.82) is 0 Å². The summed E-state index contributed by atoms with van der Waals surface area (Å²) < 4.78 is 11.3. The monoisotopic (exact) mass is 535 g/mol. The van der Waals surface area contributed by atoms with Crippen LogP contribution in [0.15, 0.2) is 17.7 Å². The summed E-state index contributed by atoms with van der Waals surface area (Å²) in [5.74, 6) is -1.32. The van der Waals surface area contributed by atoms with Gasteiger partial charge >= 0.3 is 5.97 Å². The summed E-state index contributed by atoms with van der Waals surface area (Å²) in [4.78, 5) is 28.9. The molecule has 3 N–H and O–H groups in total. The average Bonchev–Trinajstić information content (AvgIpc) is 3.56. The molecule has 0 bridgehead atoms. The summed E-state index contributed by atoms with van der Waals surface area (Å²) >= 11 is 1.13. The molecule has 1 saturated carbocycles. The number of carboxylic acid groups (broad SMARTS) is 1. The Hall–Kier alpha value is -1.78. The molecule has 2 aliphatic carbocycles. The Labute approximate surface area is 223 Å². The highest BCUT2D eigenvalue weighted by atomic mass is 32.1. The first kappa shape index (κ1) is 28.2. The van der Waals surface area contributed by atoms with Gasteiger partial charge < -0.3 is 29.7 Å². The predicted octanol–water partition coefficient (Wildman–Crippen LogP) is 4.27. The zero-order valence-corrected chi connectivity index (χ0v) is 23.0. The summed E-state index contributed by atoms with van der Waals surface area (Å²) in [6.07, 6.45) is 7.27. The third-order valence-corrected chi connectivity index (χ3v) is 9.66. The van der Waals surface area contributed by atoms with Crippen LogP contribution in [0.3, 0.4) is 0 Å². The molecule has 2 atom stereocenters. The molecule has 1 saturated heterocycles. The van der Waals surface area contributed by atoms with Crippen LogP contribution >= 0.6 is 11.3 Å². The molecule has 1 aromatic heterocycles. The van der Waals surface area contributed by atoms with Crippen LogP contribution in [-0.2, 0) is 19.7 Å². The van der Waals surface area contributed by atoms with Crippen molar-refractivity contribution >= 4 is 28.9 Å². The largest absolute Gasteiger partial charge is 0.477 e. The quantitative estimate of drug-likeness (QED) is 0.404. The van der Waals surface area contributed by atoms with Crippen LogP contribution in [0.5, 0.6) is 0 Å². The number of amides is 1. The Balaban J connectivity index is 1.60. The summed E-state index contributed by atoms with van der Waals surface area (Å²) in [5, 5.41) is 31.2. The second kappa shape index (κ2) is 11.5. The fourth-order valence-electron chi connectivity index (χ4n) is 5.47. The van der Waals surface area contributed by atoms with Gasteiger partial charge in [-0.2, -0.15) is 0 Å². The van der Waals surface area contributed by atoms with Gasteiger partial charge in [0.15, 0.2) is 0 Å². The van der Waals surface area contributed by atoms with Gasteiger partial charge in [0.1, 0.15) is 4.88 Å². The van der Waals surface area contributed by atoms with Crippen LogP contribution in [-0.4, -0.2) is 71.4 Å². The lowest BCUT2D eigenvalue weighted by atomic mass is 9.81. The van der Waals surface area contributed by atoms with E-state index in [0.717, 1.165) is 35.5 Å². The summed E-state index contributed by atoms with van der Waals surface area (Å²) in [6, 6.07) is 1.57. The summed E-state index contributed by atoms with van der Waals surface area (Å²) in [7, 11) is 0. The van der Waals surface area contributed by atoms with Crippen LogP contribution in [0.1, 0.15) is 86.7 Å². The highest BCUT2D eigenvalue weighted by Crippen LogP contribution is 2.42. The first-order valence-corrected chi connectivity index (χ1v) is 14.2. The van der Waals surface area contributed by atoms with Crippen molar-refractivity contribution in [3.05, 3.63) is 27.5 Å². The molecule has 206 valence electrons. The van der Waals surface area contributed by atoms with E-state index in [9.17, 15) is 24.9 Å². The number of aliphatic hydroxyl groups is 2. The fraction of sp³-hybridized carbons (Fsp3) is 0.714. The van der Waals surface area contributed by atoms with Gasteiger partial charge in [0.2, 0.25) is 5.91 Å². The van der Waals surface area contributed by atoms with Gasteiger partial charge in [-0.15, -0.1) is 11.3 Å². The van der Waals surface area contributed by atoms with Gasteiger partial charge in [0, 0.05) is 28.9 Å². The van der Waals surface area contributed by atoms with Crippen molar-refractivity contribution < 1.29 is 34.4 Å². The summed E-state index contributed by atoms with van der Waals surface area (Å²) in [6.45, 7) is 7.15. The van der Waals surface area contributed by atoms with E-state index in [1.807, 2.05) is 13.8 Å². The smallest absolute Gasteiger partial charge is 0.348 e. The van der Waals surface area contributed by atoms with Crippen LogP contribution in [0.25, 0.3) is 0 Å². The maximum absolute atomic E-state index is 14.0. The number of carbonyl (C=O) groups is 2. The molecule has 4 rings (SSSR count). The number of thiophene rings is 1. The molecule has 0 radical (unpaired) electrons. The van der Waals surface area contributed by atoms with E-state index >= 15 is 0 Å². The number of carbonyl (C=O) groups excluding carboxylic acids is 1. The molecule has 37 heavy (non-hydrogen) atoms.